The number of hydrogen-bond acceptors (Lipinski definition) is 3. The number of hydrogen-bond donors (Lipinski definition) is 0. The Morgan fingerprint density at radius 2 is 2.10 bits per heavy atom. The van der Waals surface area contributed by atoms with Crippen LogP contribution in [-0.2, 0) is 12.0 Å². The van der Waals surface area contributed by atoms with E-state index in [2.05, 4.69) is 36.1 Å². The molecule has 0 radical (unpaired) electrons. The zero-order valence-corrected chi connectivity index (χ0v) is 11.8. The first kappa shape index (κ1) is 11.2. The maximum Gasteiger partial charge on any atom is 0.231 e. The van der Waals surface area contributed by atoms with Crippen molar-refractivity contribution in [3.05, 3.63) is 35.4 Å². The minimum absolute atomic E-state index is 0.223. The summed E-state index contributed by atoms with van der Waals surface area (Å²) in [6.45, 7) is 4.98. The number of nitrogens with zero attached hydrogens (tertiary/aromatic N) is 1. The van der Waals surface area contributed by atoms with E-state index in [1.165, 1.54) is 30.5 Å². The summed E-state index contributed by atoms with van der Waals surface area (Å²) in [4.78, 5) is 2.67. The summed E-state index contributed by atoms with van der Waals surface area (Å²) in [6, 6.07) is 5.14. The van der Waals surface area contributed by atoms with Crippen LogP contribution in [0.15, 0.2) is 24.3 Å². The van der Waals surface area contributed by atoms with Crippen molar-refractivity contribution in [1.29, 1.82) is 0 Å². The molecule has 1 saturated heterocycles. The summed E-state index contributed by atoms with van der Waals surface area (Å²) in [5, 5.41) is 0. The first-order valence-corrected chi connectivity index (χ1v) is 7.63. The second kappa shape index (κ2) is 3.59. The van der Waals surface area contributed by atoms with Crippen LogP contribution < -0.4 is 9.47 Å². The molecule has 0 N–H and O–H groups in total. The van der Waals surface area contributed by atoms with Crippen LogP contribution in [0.1, 0.15) is 30.9 Å². The molecule has 0 amide bonds. The van der Waals surface area contributed by atoms with Crippen LogP contribution >= 0.6 is 0 Å². The zero-order valence-electron chi connectivity index (χ0n) is 11.8. The van der Waals surface area contributed by atoms with Gasteiger partial charge in [0.1, 0.15) is 0 Å². The standard InChI is InChI=1S/C17H19NO2/c1-11-2-3-17-4-5-18(16(17)6-11)9-12-7-14-15(8-13(12)17)20-10-19-14/h2-3,7-8,11,16H,4-6,9-10H2,1H3. The van der Waals surface area contributed by atoms with Crippen molar-refractivity contribution in [1.82, 2.24) is 4.90 Å². The monoisotopic (exact) mass is 269 g/mol. The van der Waals surface area contributed by atoms with Crippen molar-refractivity contribution in [2.75, 3.05) is 13.3 Å². The molecule has 3 nitrogen and oxygen atoms in total. The van der Waals surface area contributed by atoms with E-state index in [1.807, 2.05) is 0 Å². The largest absolute Gasteiger partial charge is 0.454 e. The summed E-state index contributed by atoms with van der Waals surface area (Å²) in [7, 11) is 0. The Bertz CT molecular complexity index is 624. The molecule has 3 heterocycles. The molecule has 0 spiro atoms. The molecular formula is C17H19NO2. The van der Waals surface area contributed by atoms with Gasteiger partial charge in [-0.2, -0.15) is 0 Å². The number of allylic oxidation sites excluding steroid dienone is 1. The molecule has 20 heavy (non-hydrogen) atoms. The van der Waals surface area contributed by atoms with E-state index in [9.17, 15) is 0 Å². The Morgan fingerprint density at radius 3 is 3.00 bits per heavy atom. The molecular weight excluding hydrogens is 250 g/mol. The molecule has 104 valence electrons. The minimum Gasteiger partial charge on any atom is -0.454 e. The van der Waals surface area contributed by atoms with Crippen LogP contribution in [0.4, 0.5) is 0 Å². The summed E-state index contributed by atoms with van der Waals surface area (Å²) in [5.41, 5.74) is 3.15. The van der Waals surface area contributed by atoms with Crippen molar-refractivity contribution < 1.29 is 9.47 Å². The van der Waals surface area contributed by atoms with Gasteiger partial charge in [-0.15, -0.1) is 0 Å². The first-order valence-electron chi connectivity index (χ1n) is 7.63. The molecule has 0 saturated carbocycles. The summed E-state index contributed by atoms with van der Waals surface area (Å²) < 4.78 is 11.2. The van der Waals surface area contributed by atoms with Crippen LogP contribution in [0.25, 0.3) is 0 Å². The fourth-order valence-electron chi connectivity index (χ4n) is 4.66. The highest BCUT2D eigenvalue weighted by atomic mass is 16.7. The van der Waals surface area contributed by atoms with E-state index in [1.54, 1.807) is 0 Å². The van der Waals surface area contributed by atoms with E-state index < -0.39 is 0 Å². The van der Waals surface area contributed by atoms with Gasteiger partial charge in [-0.1, -0.05) is 19.1 Å². The molecule has 1 aliphatic carbocycles. The Morgan fingerprint density at radius 1 is 1.25 bits per heavy atom. The Hall–Kier alpha value is -1.48. The SMILES string of the molecule is CC1C=CC23CCN(Cc4cc5c(cc42)OCO5)C3C1. The molecule has 0 aromatic heterocycles. The molecule has 4 aliphatic rings. The van der Waals surface area contributed by atoms with E-state index in [0.717, 1.165) is 18.0 Å². The molecule has 5 rings (SSSR count). The van der Waals surface area contributed by atoms with Gasteiger partial charge in [-0.3, -0.25) is 4.90 Å². The average molecular weight is 269 g/mol. The van der Waals surface area contributed by atoms with Crippen molar-refractivity contribution >= 4 is 0 Å². The lowest BCUT2D eigenvalue weighted by Crippen LogP contribution is -2.48. The van der Waals surface area contributed by atoms with Crippen LogP contribution in [-0.4, -0.2) is 24.3 Å². The van der Waals surface area contributed by atoms with Gasteiger partial charge in [-0.05, 0) is 42.0 Å². The quantitative estimate of drug-likeness (QED) is 0.676. The number of ether oxygens (including phenoxy) is 2. The molecule has 4 atom stereocenters. The maximum absolute atomic E-state index is 5.61. The lowest BCUT2D eigenvalue weighted by molar-refractivity contribution is 0.168. The first-order chi connectivity index (χ1) is 9.76. The molecule has 1 aromatic rings. The summed E-state index contributed by atoms with van der Waals surface area (Å²) in [6.07, 6.45) is 7.43. The highest BCUT2D eigenvalue weighted by molar-refractivity contribution is 5.55. The van der Waals surface area contributed by atoms with Gasteiger partial charge in [0.05, 0.1) is 0 Å². The second-order valence-electron chi connectivity index (χ2n) is 6.71. The third kappa shape index (κ3) is 1.25. The summed E-state index contributed by atoms with van der Waals surface area (Å²) in [5.74, 6) is 2.56. The molecule has 2 bridgehead atoms. The van der Waals surface area contributed by atoms with E-state index in [4.69, 9.17) is 9.47 Å². The molecule has 3 aliphatic heterocycles. The minimum atomic E-state index is 0.223. The highest BCUT2D eigenvalue weighted by Gasteiger charge is 2.52. The smallest absolute Gasteiger partial charge is 0.231 e. The molecule has 3 heteroatoms. The van der Waals surface area contributed by atoms with Gasteiger partial charge < -0.3 is 9.47 Å². The van der Waals surface area contributed by atoms with Crippen molar-refractivity contribution in [2.24, 2.45) is 5.92 Å². The van der Waals surface area contributed by atoms with Crippen LogP contribution in [0.3, 0.4) is 0 Å². The van der Waals surface area contributed by atoms with E-state index in [0.29, 0.717) is 18.8 Å². The fraction of sp³-hybridized carbons (Fsp3) is 0.529. The molecule has 1 aromatic carbocycles. The normalized spacial score (nSPS) is 39.5. The van der Waals surface area contributed by atoms with Gasteiger partial charge in [0.15, 0.2) is 11.5 Å². The second-order valence-corrected chi connectivity index (χ2v) is 6.71. The number of fused-ring (bicyclic) bond motifs is 2. The Balaban J connectivity index is 1.74. The summed E-state index contributed by atoms with van der Waals surface area (Å²) >= 11 is 0. The Labute approximate surface area is 119 Å². The maximum atomic E-state index is 5.61. The lowest BCUT2D eigenvalue weighted by Gasteiger charge is -2.45. The molecule has 1 fully saturated rings. The predicted octanol–water partition coefficient (Wildman–Crippen LogP) is 2.84. The van der Waals surface area contributed by atoms with Gasteiger partial charge in [0.25, 0.3) is 0 Å². The number of rotatable bonds is 0. The third-order valence-corrected chi connectivity index (χ3v) is 5.64. The zero-order chi connectivity index (χ0) is 13.3. The predicted molar refractivity (Wildman–Crippen MR) is 76.0 cm³/mol. The average Bonchev–Trinajstić information content (AvgIpc) is 3.00. The van der Waals surface area contributed by atoms with Gasteiger partial charge in [-0.25, -0.2) is 0 Å². The van der Waals surface area contributed by atoms with Crippen LogP contribution in [0, 0.1) is 5.92 Å². The van der Waals surface area contributed by atoms with Crippen molar-refractivity contribution in [3.63, 3.8) is 0 Å². The van der Waals surface area contributed by atoms with E-state index >= 15 is 0 Å². The highest BCUT2D eigenvalue weighted by Crippen LogP contribution is 2.53. The van der Waals surface area contributed by atoms with Crippen molar-refractivity contribution in [2.45, 2.75) is 37.8 Å². The molecule has 4 unspecified atom stereocenters. The van der Waals surface area contributed by atoms with Crippen LogP contribution in [0.5, 0.6) is 11.5 Å². The van der Waals surface area contributed by atoms with Gasteiger partial charge in [0, 0.05) is 24.5 Å². The van der Waals surface area contributed by atoms with Gasteiger partial charge >= 0.3 is 0 Å². The topological polar surface area (TPSA) is 21.7 Å². The van der Waals surface area contributed by atoms with Crippen molar-refractivity contribution in [3.8, 4) is 11.5 Å². The van der Waals surface area contributed by atoms with E-state index in [-0.39, 0.29) is 5.41 Å². The Kier molecular flexibility index (Phi) is 2.01. The number of benzene rings is 1. The van der Waals surface area contributed by atoms with Crippen LogP contribution in [0.2, 0.25) is 0 Å². The van der Waals surface area contributed by atoms with Gasteiger partial charge in [0.2, 0.25) is 6.79 Å². The fourth-order valence-corrected chi connectivity index (χ4v) is 4.66. The third-order valence-electron chi connectivity index (χ3n) is 5.64. The lowest BCUT2D eigenvalue weighted by atomic mass is 9.65.